The van der Waals surface area contributed by atoms with Gasteiger partial charge in [-0.25, -0.2) is 9.78 Å². The Morgan fingerprint density at radius 1 is 1.53 bits per heavy atom. The zero-order chi connectivity index (χ0) is 14.4. The van der Waals surface area contributed by atoms with Gasteiger partial charge in [-0.2, -0.15) is 0 Å². The lowest BCUT2D eigenvalue weighted by molar-refractivity contribution is -0.119. The number of carbonyl (C=O) groups is 2. The summed E-state index contributed by atoms with van der Waals surface area (Å²) in [5.41, 5.74) is 1.37. The van der Waals surface area contributed by atoms with Crippen molar-refractivity contribution in [1.29, 1.82) is 0 Å². The fraction of sp³-hybridized carbons (Fsp3) is 0.545. The van der Waals surface area contributed by atoms with E-state index in [1.807, 2.05) is 0 Å². The minimum absolute atomic E-state index is 0.0128. The van der Waals surface area contributed by atoms with Crippen molar-refractivity contribution in [1.82, 2.24) is 10.3 Å². The lowest BCUT2D eigenvalue weighted by atomic mass is 10.1. The second kappa shape index (κ2) is 7.17. The Balaban J connectivity index is 2.76. The van der Waals surface area contributed by atoms with Gasteiger partial charge in [0.25, 0.3) is 0 Å². The van der Waals surface area contributed by atoms with Crippen molar-refractivity contribution in [3.05, 3.63) is 16.1 Å². The van der Waals surface area contributed by atoms with Crippen LogP contribution < -0.4 is 5.32 Å². The van der Waals surface area contributed by atoms with Crippen molar-refractivity contribution >= 4 is 23.2 Å². The summed E-state index contributed by atoms with van der Waals surface area (Å²) in [4.78, 5) is 26.3. The van der Waals surface area contributed by atoms with Gasteiger partial charge in [0.2, 0.25) is 5.91 Å². The third-order valence-electron chi connectivity index (χ3n) is 2.26. The Morgan fingerprint density at radius 2 is 2.21 bits per heavy atom. The number of hydrogen-bond donors (Lipinski definition) is 3. The third-order valence-corrected chi connectivity index (χ3v) is 3.16. The Bertz CT molecular complexity index is 448. The molecule has 2 unspecified atom stereocenters. The Morgan fingerprint density at radius 3 is 2.79 bits per heavy atom. The summed E-state index contributed by atoms with van der Waals surface area (Å²) in [6.07, 6.45) is -2.53. The van der Waals surface area contributed by atoms with Crippen molar-refractivity contribution in [3.63, 3.8) is 0 Å². The van der Waals surface area contributed by atoms with Crippen LogP contribution >= 0.6 is 11.3 Å². The molecular weight excluding hydrogens is 272 g/mol. The standard InChI is InChI=1S/C11H16N2O5S/c1-3-18-11(17)8-10(19-5-13-8)9(16)7(15)4-12-6(2)14/h5,7,9,15-16H,3-4H2,1-2H3,(H,12,14). The third kappa shape index (κ3) is 4.27. The van der Waals surface area contributed by atoms with E-state index in [4.69, 9.17) is 4.74 Å². The number of amides is 1. The maximum atomic E-state index is 11.6. The number of nitrogens with one attached hydrogen (secondary N) is 1. The highest BCUT2D eigenvalue weighted by atomic mass is 32.1. The normalized spacial score (nSPS) is 13.7. The van der Waals surface area contributed by atoms with Gasteiger partial charge in [-0.1, -0.05) is 0 Å². The molecule has 0 saturated heterocycles. The number of nitrogens with zero attached hydrogens (tertiary/aromatic N) is 1. The molecular formula is C11H16N2O5S. The van der Waals surface area contributed by atoms with E-state index in [1.165, 1.54) is 12.4 Å². The molecule has 1 amide bonds. The highest BCUT2D eigenvalue weighted by Crippen LogP contribution is 2.25. The van der Waals surface area contributed by atoms with Gasteiger partial charge < -0.3 is 20.3 Å². The molecule has 0 aromatic carbocycles. The van der Waals surface area contributed by atoms with Crippen LogP contribution in [-0.2, 0) is 9.53 Å². The van der Waals surface area contributed by atoms with Crippen molar-refractivity contribution in [2.24, 2.45) is 0 Å². The molecule has 7 nitrogen and oxygen atoms in total. The number of aromatic nitrogens is 1. The molecule has 0 spiro atoms. The van der Waals surface area contributed by atoms with Crippen LogP contribution in [0.15, 0.2) is 5.51 Å². The minimum atomic E-state index is -1.31. The fourth-order valence-electron chi connectivity index (χ4n) is 1.35. The quantitative estimate of drug-likeness (QED) is 0.628. The first kappa shape index (κ1) is 15.5. The predicted molar refractivity (Wildman–Crippen MR) is 67.7 cm³/mol. The highest BCUT2D eigenvalue weighted by molar-refractivity contribution is 7.10. The molecule has 0 aliphatic rings. The van der Waals surface area contributed by atoms with Crippen LogP contribution in [0.3, 0.4) is 0 Å². The molecule has 3 N–H and O–H groups in total. The summed E-state index contributed by atoms with van der Waals surface area (Å²) < 4.78 is 4.80. The monoisotopic (exact) mass is 288 g/mol. The molecule has 0 aliphatic carbocycles. The largest absolute Gasteiger partial charge is 0.461 e. The Kier molecular flexibility index (Phi) is 5.87. The van der Waals surface area contributed by atoms with Crippen LogP contribution in [0.1, 0.15) is 35.3 Å². The molecule has 1 rings (SSSR count). The van der Waals surface area contributed by atoms with E-state index in [0.717, 1.165) is 11.3 Å². The van der Waals surface area contributed by atoms with Crippen LogP contribution in [0.2, 0.25) is 0 Å². The van der Waals surface area contributed by atoms with Crippen molar-refractivity contribution in [2.45, 2.75) is 26.1 Å². The summed E-state index contributed by atoms with van der Waals surface area (Å²) in [5.74, 6) is -0.967. The molecule has 0 aliphatic heterocycles. The Hall–Kier alpha value is -1.51. The van der Waals surface area contributed by atoms with Crippen molar-refractivity contribution in [2.75, 3.05) is 13.2 Å². The van der Waals surface area contributed by atoms with E-state index in [2.05, 4.69) is 10.3 Å². The number of rotatable bonds is 6. The lowest BCUT2D eigenvalue weighted by Gasteiger charge is -2.17. The van der Waals surface area contributed by atoms with E-state index < -0.39 is 18.2 Å². The second-order valence-corrected chi connectivity index (χ2v) is 4.62. The summed E-state index contributed by atoms with van der Waals surface area (Å²) in [5, 5.41) is 22.1. The van der Waals surface area contributed by atoms with Crippen LogP contribution in [0, 0.1) is 0 Å². The number of carbonyl (C=O) groups excluding carboxylic acids is 2. The molecule has 0 saturated carbocycles. The number of hydrogen-bond acceptors (Lipinski definition) is 7. The van der Waals surface area contributed by atoms with E-state index >= 15 is 0 Å². The minimum Gasteiger partial charge on any atom is -0.461 e. The van der Waals surface area contributed by atoms with Crippen LogP contribution in [0.25, 0.3) is 0 Å². The van der Waals surface area contributed by atoms with Crippen LogP contribution in [0.4, 0.5) is 0 Å². The zero-order valence-corrected chi connectivity index (χ0v) is 11.4. The molecule has 106 valence electrons. The summed E-state index contributed by atoms with van der Waals surface area (Å²) in [6, 6.07) is 0. The maximum Gasteiger partial charge on any atom is 0.358 e. The average Bonchev–Trinajstić information content (AvgIpc) is 2.84. The first-order chi connectivity index (χ1) is 8.97. The maximum absolute atomic E-state index is 11.6. The molecule has 0 bridgehead atoms. The van der Waals surface area contributed by atoms with Gasteiger partial charge in [-0.3, -0.25) is 4.79 Å². The van der Waals surface area contributed by atoms with Gasteiger partial charge in [0, 0.05) is 13.5 Å². The van der Waals surface area contributed by atoms with E-state index in [9.17, 15) is 19.8 Å². The summed E-state index contributed by atoms with van der Waals surface area (Å²) in [6.45, 7) is 3.04. The number of aliphatic hydroxyl groups excluding tert-OH is 2. The average molecular weight is 288 g/mol. The molecule has 1 heterocycles. The second-order valence-electron chi connectivity index (χ2n) is 3.73. The van der Waals surface area contributed by atoms with Crippen LogP contribution in [-0.4, -0.2) is 46.3 Å². The molecule has 8 heteroatoms. The van der Waals surface area contributed by atoms with E-state index in [1.54, 1.807) is 6.92 Å². The number of esters is 1. The van der Waals surface area contributed by atoms with Gasteiger partial charge in [0.1, 0.15) is 12.2 Å². The molecule has 2 atom stereocenters. The van der Waals surface area contributed by atoms with Gasteiger partial charge in [0.15, 0.2) is 5.69 Å². The van der Waals surface area contributed by atoms with Gasteiger partial charge >= 0.3 is 5.97 Å². The first-order valence-electron chi connectivity index (χ1n) is 5.68. The van der Waals surface area contributed by atoms with Gasteiger partial charge in [0.05, 0.1) is 17.0 Å². The van der Waals surface area contributed by atoms with E-state index in [-0.39, 0.29) is 29.6 Å². The van der Waals surface area contributed by atoms with E-state index in [0.29, 0.717) is 0 Å². The fourth-order valence-corrected chi connectivity index (χ4v) is 2.17. The molecule has 0 fully saturated rings. The number of thiazole rings is 1. The predicted octanol–water partition coefficient (Wildman–Crippen LogP) is -0.150. The lowest BCUT2D eigenvalue weighted by Crippen LogP contribution is -2.34. The zero-order valence-electron chi connectivity index (χ0n) is 10.6. The van der Waals surface area contributed by atoms with Crippen molar-refractivity contribution < 1.29 is 24.5 Å². The summed E-state index contributed by atoms with van der Waals surface area (Å²) in [7, 11) is 0. The SMILES string of the molecule is CCOC(=O)c1ncsc1C(O)C(O)CNC(C)=O. The van der Waals surface area contributed by atoms with Crippen molar-refractivity contribution in [3.8, 4) is 0 Å². The smallest absolute Gasteiger partial charge is 0.358 e. The molecule has 1 aromatic rings. The topological polar surface area (TPSA) is 109 Å². The molecule has 1 aromatic heterocycles. The Labute approximate surface area is 114 Å². The van der Waals surface area contributed by atoms with Gasteiger partial charge in [-0.15, -0.1) is 11.3 Å². The molecule has 0 radical (unpaired) electrons. The highest BCUT2D eigenvalue weighted by Gasteiger charge is 2.27. The molecule has 19 heavy (non-hydrogen) atoms. The van der Waals surface area contributed by atoms with Gasteiger partial charge in [-0.05, 0) is 6.92 Å². The number of aliphatic hydroxyl groups is 2. The first-order valence-corrected chi connectivity index (χ1v) is 6.56. The number of ether oxygens (including phenoxy) is 1. The van der Waals surface area contributed by atoms with Crippen LogP contribution in [0.5, 0.6) is 0 Å². The summed E-state index contributed by atoms with van der Waals surface area (Å²) >= 11 is 1.04.